The fourth-order valence-electron chi connectivity index (χ4n) is 4.02. The van der Waals surface area contributed by atoms with Crippen molar-refractivity contribution in [2.75, 3.05) is 14.2 Å². The van der Waals surface area contributed by atoms with Gasteiger partial charge in [0, 0.05) is 23.7 Å². The summed E-state index contributed by atoms with van der Waals surface area (Å²) in [6.45, 7) is 2.89. The van der Waals surface area contributed by atoms with Gasteiger partial charge in [0.2, 0.25) is 0 Å². The normalized spacial score (nSPS) is 11.6. The minimum atomic E-state index is -0.158. The number of benzene rings is 3. The summed E-state index contributed by atoms with van der Waals surface area (Å²) < 4.78 is 10.8. The molecule has 0 aliphatic rings. The Morgan fingerprint density at radius 3 is 2.40 bits per heavy atom. The van der Waals surface area contributed by atoms with Gasteiger partial charge in [-0.1, -0.05) is 48.5 Å². The van der Waals surface area contributed by atoms with Gasteiger partial charge >= 0.3 is 0 Å². The first-order valence-electron chi connectivity index (χ1n) is 11.4. The molecule has 4 rings (SSSR count). The Labute approximate surface area is 210 Å². The van der Waals surface area contributed by atoms with Crippen LogP contribution in [-0.4, -0.2) is 29.2 Å². The first-order chi connectivity index (χ1) is 17.0. The number of aromatic nitrogens is 1. The van der Waals surface area contributed by atoms with E-state index in [2.05, 4.69) is 29.4 Å². The van der Waals surface area contributed by atoms with Crippen LogP contribution in [0.1, 0.15) is 29.7 Å². The average Bonchev–Trinajstić information content (AvgIpc) is 2.89. The van der Waals surface area contributed by atoms with E-state index in [1.54, 1.807) is 14.2 Å². The first kappa shape index (κ1) is 24.3. The Bertz CT molecular complexity index is 1370. The number of H-pyrrole nitrogens is 1. The van der Waals surface area contributed by atoms with Gasteiger partial charge in [-0.15, -0.1) is 0 Å². The van der Waals surface area contributed by atoms with Crippen LogP contribution in [0, 0.1) is 0 Å². The summed E-state index contributed by atoms with van der Waals surface area (Å²) in [7, 11) is 3.26. The van der Waals surface area contributed by atoms with Crippen molar-refractivity contribution in [1.82, 2.24) is 15.2 Å². The molecule has 6 nitrogen and oxygen atoms in total. The number of rotatable bonds is 8. The Morgan fingerprint density at radius 2 is 1.66 bits per heavy atom. The molecule has 1 aromatic heterocycles. The van der Waals surface area contributed by atoms with Crippen LogP contribution in [0.25, 0.3) is 10.9 Å². The zero-order valence-corrected chi connectivity index (χ0v) is 20.9. The van der Waals surface area contributed by atoms with Crippen LogP contribution in [0.5, 0.6) is 11.5 Å². The highest BCUT2D eigenvalue weighted by Crippen LogP contribution is 2.23. The number of pyridine rings is 1. The van der Waals surface area contributed by atoms with Gasteiger partial charge in [-0.05, 0) is 54.4 Å². The second-order valence-electron chi connectivity index (χ2n) is 8.33. The Balaban J connectivity index is 1.65. The van der Waals surface area contributed by atoms with Crippen LogP contribution in [0.15, 0.2) is 83.7 Å². The van der Waals surface area contributed by atoms with Gasteiger partial charge in [-0.2, -0.15) is 0 Å². The van der Waals surface area contributed by atoms with E-state index in [-0.39, 0.29) is 11.6 Å². The maximum absolute atomic E-state index is 13.0. The van der Waals surface area contributed by atoms with Crippen LogP contribution in [0.2, 0.25) is 0 Å². The number of hydrogen-bond donors (Lipinski definition) is 2. The van der Waals surface area contributed by atoms with E-state index in [1.807, 2.05) is 71.6 Å². The SMILES string of the molecule is COc1ccc2cc(CN(Cc3ccccc3OC)C(=S)NC(C)c3ccccc3)c(=O)[nH]c2c1. The fraction of sp³-hybridized carbons (Fsp3) is 0.214. The molecule has 7 heteroatoms. The Hall–Kier alpha value is -3.84. The predicted octanol–water partition coefficient (Wildman–Crippen LogP) is 5.18. The van der Waals surface area contributed by atoms with E-state index in [9.17, 15) is 4.79 Å². The topological polar surface area (TPSA) is 66.6 Å². The van der Waals surface area contributed by atoms with Crippen LogP contribution >= 0.6 is 12.2 Å². The van der Waals surface area contributed by atoms with Crippen LogP contribution < -0.4 is 20.3 Å². The molecule has 1 atom stereocenters. The first-order valence-corrected chi connectivity index (χ1v) is 11.8. The number of para-hydroxylation sites is 1. The number of nitrogens with zero attached hydrogens (tertiary/aromatic N) is 1. The zero-order valence-electron chi connectivity index (χ0n) is 20.1. The lowest BCUT2D eigenvalue weighted by molar-refractivity contribution is 0.368. The largest absolute Gasteiger partial charge is 0.497 e. The minimum absolute atomic E-state index is 0.00576. The molecule has 4 aromatic rings. The molecule has 1 unspecified atom stereocenters. The Morgan fingerprint density at radius 1 is 0.943 bits per heavy atom. The molecule has 0 spiro atoms. The lowest BCUT2D eigenvalue weighted by atomic mass is 10.1. The van der Waals surface area contributed by atoms with E-state index in [1.165, 1.54) is 0 Å². The second kappa shape index (κ2) is 11.1. The molecule has 0 aliphatic heterocycles. The molecule has 1 heterocycles. The highest BCUT2D eigenvalue weighted by atomic mass is 32.1. The molecule has 0 saturated heterocycles. The van der Waals surface area contributed by atoms with E-state index in [4.69, 9.17) is 21.7 Å². The summed E-state index contributed by atoms with van der Waals surface area (Å²) >= 11 is 5.85. The quantitative estimate of drug-likeness (QED) is 0.334. The minimum Gasteiger partial charge on any atom is -0.497 e. The molecule has 0 radical (unpaired) electrons. The van der Waals surface area contributed by atoms with Crippen molar-refractivity contribution in [3.05, 3.63) is 106 Å². The van der Waals surface area contributed by atoms with Gasteiger partial charge in [0.05, 0.1) is 32.3 Å². The molecule has 180 valence electrons. The van der Waals surface area contributed by atoms with Crippen molar-refractivity contribution >= 4 is 28.2 Å². The van der Waals surface area contributed by atoms with Crippen molar-refractivity contribution in [2.24, 2.45) is 0 Å². The van der Waals surface area contributed by atoms with E-state index in [0.717, 1.165) is 27.8 Å². The standard InChI is InChI=1S/C28H29N3O3S/c1-19(20-9-5-4-6-10-20)29-28(35)31(17-22-11-7-8-12-26(22)34-3)18-23-15-21-13-14-24(33-2)16-25(21)30-27(23)32/h4-16,19H,17-18H2,1-3H3,(H,29,35)(H,30,32). The highest BCUT2D eigenvalue weighted by Gasteiger charge is 2.18. The molecular formula is C28H29N3O3S. The van der Waals surface area contributed by atoms with Crippen molar-refractivity contribution in [3.8, 4) is 11.5 Å². The molecule has 0 amide bonds. The zero-order chi connectivity index (χ0) is 24.8. The van der Waals surface area contributed by atoms with Crippen molar-refractivity contribution in [2.45, 2.75) is 26.1 Å². The predicted molar refractivity (Wildman–Crippen MR) is 144 cm³/mol. The summed E-state index contributed by atoms with van der Waals surface area (Å²) in [4.78, 5) is 18.0. The van der Waals surface area contributed by atoms with Gasteiger partial charge in [-0.3, -0.25) is 4.79 Å². The molecular weight excluding hydrogens is 458 g/mol. The Kier molecular flexibility index (Phi) is 7.67. The average molecular weight is 488 g/mol. The molecule has 3 aromatic carbocycles. The van der Waals surface area contributed by atoms with Gasteiger partial charge in [0.25, 0.3) is 5.56 Å². The third kappa shape index (κ3) is 5.81. The van der Waals surface area contributed by atoms with Gasteiger partial charge in [-0.25, -0.2) is 0 Å². The number of nitrogens with one attached hydrogen (secondary N) is 2. The van der Waals surface area contributed by atoms with Gasteiger partial charge in [0.15, 0.2) is 5.11 Å². The van der Waals surface area contributed by atoms with Crippen LogP contribution in [-0.2, 0) is 13.1 Å². The molecule has 2 N–H and O–H groups in total. The summed E-state index contributed by atoms with van der Waals surface area (Å²) in [6.07, 6.45) is 0. The van der Waals surface area contributed by atoms with Gasteiger partial charge < -0.3 is 24.7 Å². The van der Waals surface area contributed by atoms with Crippen molar-refractivity contribution < 1.29 is 9.47 Å². The second-order valence-corrected chi connectivity index (χ2v) is 8.71. The molecule has 0 saturated carbocycles. The summed E-state index contributed by atoms with van der Waals surface area (Å²) in [5.74, 6) is 1.47. The number of ether oxygens (including phenoxy) is 2. The molecule has 0 fully saturated rings. The maximum Gasteiger partial charge on any atom is 0.253 e. The summed E-state index contributed by atoms with van der Waals surface area (Å²) in [5, 5.41) is 4.92. The smallest absolute Gasteiger partial charge is 0.253 e. The number of thiocarbonyl (C=S) groups is 1. The third-order valence-electron chi connectivity index (χ3n) is 5.97. The fourth-order valence-corrected chi connectivity index (χ4v) is 4.32. The van der Waals surface area contributed by atoms with Gasteiger partial charge in [0.1, 0.15) is 11.5 Å². The number of methoxy groups -OCH3 is 2. The van der Waals surface area contributed by atoms with Crippen LogP contribution in [0.4, 0.5) is 0 Å². The lowest BCUT2D eigenvalue weighted by Gasteiger charge is -2.29. The molecule has 35 heavy (non-hydrogen) atoms. The highest BCUT2D eigenvalue weighted by molar-refractivity contribution is 7.80. The third-order valence-corrected chi connectivity index (χ3v) is 6.35. The lowest BCUT2D eigenvalue weighted by Crippen LogP contribution is -2.41. The maximum atomic E-state index is 13.0. The van der Waals surface area contributed by atoms with Crippen LogP contribution in [0.3, 0.4) is 0 Å². The molecule has 0 aliphatic carbocycles. The van der Waals surface area contributed by atoms with E-state index < -0.39 is 0 Å². The molecule has 0 bridgehead atoms. The summed E-state index contributed by atoms with van der Waals surface area (Å²) in [5.41, 5.74) is 3.30. The van der Waals surface area contributed by atoms with E-state index >= 15 is 0 Å². The number of fused-ring (bicyclic) bond motifs is 1. The monoisotopic (exact) mass is 487 g/mol. The number of aromatic amines is 1. The van der Waals surface area contributed by atoms with Crippen molar-refractivity contribution in [1.29, 1.82) is 0 Å². The van der Waals surface area contributed by atoms with E-state index in [0.29, 0.717) is 29.5 Å². The van der Waals surface area contributed by atoms with Crippen molar-refractivity contribution in [3.63, 3.8) is 0 Å². The summed E-state index contributed by atoms with van der Waals surface area (Å²) in [6, 6.07) is 25.5. The number of hydrogen-bond acceptors (Lipinski definition) is 4.